The van der Waals surface area contributed by atoms with Crippen LogP contribution < -0.4 is 25.8 Å². The van der Waals surface area contributed by atoms with Gasteiger partial charge in [0.25, 0.3) is 5.91 Å². The van der Waals surface area contributed by atoms with E-state index in [0.29, 0.717) is 30.0 Å². The minimum atomic E-state index is -5.08. The van der Waals surface area contributed by atoms with Crippen LogP contribution in [0.15, 0.2) is 48.5 Å². The lowest BCUT2D eigenvalue weighted by atomic mass is 10.1. The summed E-state index contributed by atoms with van der Waals surface area (Å²) in [4.78, 5) is 30.0. The number of hydrogen-bond acceptors (Lipinski definition) is 7. The number of nitrogen functional groups attached to an aromatic ring is 1. The number of alkyl halides is 6. The Morgan fingerprint density at radius 1 is 0.905 bits per heavy atom. The van der Waals surface area contributed by atoms with E-state index in [1.807, 2.05) is 12.1 Å². The number of carbonyl (C=O) groups excluding carboxylic acids is 1. The average Bonchev–Trinajstić information content (AvgIpc) is 2.92. The number of carboxylic acids is 2. The normalized spacial score (nSPS) is 13.3. The van der Waals surface area contributed by atoms with E-state index in [0.717, 1.165) is 31.7 Å². The lowest BCUT2D eigenvalue weighted by molar-refractivity contribution is -0.193. The van der Waals surface area contributed by atoms with Crippen molar-refractivity contribution in [3.63, 3.8) is 0 Å². The zero-order valence-electron chi connectivity index (χ0n) is 21.7. The first-order valence-corrected chi connectivity index (χ1v) is 11.9. The number of carbonyl (C=O) groups is 3. The van der Waals surface area contributed by atoms with Crippen LogP contribution in [0.2, 0.25) is 0 Å². The fourth-order valence-electron chi connectivity index (χ4n) is 2.98. The van der Waals surface area contributed by atoms with Crippen LogP contribution in [0.1, 0.15) is 28.8 Å². The number of nitrogens with one attached hydrogen (secondary N) is 3. The molecule has 0 saturated carbocycles. The zero-order valence-corrected chi connectivity index (χ0v) is 21.7. The number of nitrogens with two attached hydrogens (primary N) is 1. The Labute approximate surface area is 235 Å². The Bertz CT molecular complexity index is 1160. The molecule has 232 valence electrons. The molecule has 0 atom stereocenters. The largest absolute Gasteiger partial charge is 0.492 e. The van der Waals surface area contributed by atoms with E-state index >= 15 is 0 Å². The summed E-state index contributed by atoms with van der Waals surface area (Å²) in [6.45, 7) is 2.65. The van der Waals surface area contributed by atoms with Gasteiger partial charge < -0.3 is 36.1 Å². The molecule has 7 N–H and O–H groups in total. The van der Waals surface area contributed by atoms with Gasteiger partial charge in [0.15, 0.2) is 0 Å². The quantitative estimate of drug-likeness (QED) is 0.113. The third-order valence-electron chi connectivity index (χ3n) is 4.99. The van der Waals surface area contributed by atoms with Gasteiger partial charge in [-0.25, -0.2) is 9.59 Å². The SMILES string of the molecule is N=C(N)c1cccc(OCCNC(=O)c2ccc(OC3CCNCC3)cc2)c1.O=C(O)C(F)(F)F.O=C(O)C(F)(F)F. The molecule has 1 fully saturated rings. The molecule has 1 aliphatic heterocycles. The first kappa shape index (κ1) is 35.5. The molecule has 3 rings (SSSR count). The Hall–Kier alpha value is -4.54. The maximum absolute atomic E-state index is 12.2. The Kier molecular flexibility index (Phi) is 14.1. The van der Waals surface area contributed by atoms with Crippen molar-refractivity contribution in [3.05, 3.63) is 59.7 Å². The molecular weight excluding hydrogens is 582 g/mol. The highest BCUT2D eigenvalue weighted by Crippen LogP contribution is 2.18. The van der Waals surface area contributed by atoms with Gasteiger partial charge in [0, 0.05) is 11.1 Å². The third-order valence-corrected chi connectivity index (χ3v) is 4.99. The van der Waals surface area contributed by atoms with Gasteiger partial charge in [0.05, 0.1) is 6.54 Å². The number of benzene rings is 2. The molecule has 1 amide bonds. The maximum Gasteiger partial charge on any atom is 0.490 e. The molecule has 1 heterocycles. The second-order valence-corrected chi connectivity index (χ2v) is 8.24. The first-order chi connectivity index (χ1) is 19.5. The van der Waals surface area contributed by atoms with Crippen molar-refractivity contribution >= 4 is 23.7 Å². The molecule has 0 unspecified atom stereocenters. The van der Waals surface area contributed by atoms with Crippen molar-refractivity contribution in [2.45, 2.75) is 31.3 Å². The number of rotatable bonds is 8. The fourth-order valence-corrected chi connectivity index (χ4v) is 2.98. The second-order valence-electron chi connectivity index (χ2n) is 8.24. The lowest BCUT2D eigenvalue weighted by Crippen LogP contribution is -2.34. The standard InChI is InChI=1S/C21H26N4O3.2C2HF3O2/c22-20(23)16-2-1-3-19(14-16)27-13-12-25-21(26)15-4-6-17(7-5-15)28-18-8-10-24-11-9-18;2*3-2(4,5)1(6)7/h1-7,14,18,24H,8-13H2,(H3,22,23)(H,25,26);2*(H,6,7). The van der Waals surface area contributed by atoms with Crippen molar-refractivity contribution in [2.75, 3.05) is 26.2 Å². The number of ether oxygens (including phenoxy) is 2. The monoisotopic (exact) mass is 610 g/mol. The molecule has 0 spiro atoms. The van der Waals surface area contributed by atoms with Gasteiger partial charge >= 0.3 is 24.3 Å². The molecule has 0 aliphatic carbocycles. The predicted molar refractivity (Wildman–Crippen MR) is 136 cm³/mol. The molecule has 2 aromatic carbocycles. The van der Waals surface area contributed by atoms with Gasteiger partial charge in [-0.15, -0.1) is 0 Å². The molecule has 1 saturated heterocycles. The van der Waals surface area contributed by atoms with Crippen molar-refractivity contribution in [1.29, 1.82) is 5.41 Å². The Morgan fingerprint density at radius 2 is 1.43 bits per heavy atom. The predicted octanol–water partition coefficient (Wildman–Crippen LogP) is 3.18. The average molecular weight is 611 g/mol. The molecule has 0 radical (unpaired) electrons. The van der Waals surface area contributed by atoms with E-state index in [1.165, 1.54) is 0 Å². The molecule has 1 aliphatic rings. The number of carboxylic acid groups (broad SMARTS) is 2. The maximum atomic E-state index is 12.2. The van der Waals surface area contributed by atoms with Crippen LogP contribution in [0.3, 0.4) is 0 Å². The van der Waals surface area contributed by atoms with Crippen LogP contribution in [0.4, 0.5) is 26.3 Å². The Balaban J connectivity index is 0.000000522. The summed E-state index contributed by atoms with van der Waals surface area (Å²) in [6.07, 6.45) is -7.94. The zero-order chi connectivity index (χ0) is 31.9. The van der Waals surface area contributed by atoms with E-state index in [4.69, 9.17) is 40.4 Å². The highest BCUT2D eigenvalue weighted by molar-refractivity contribution is 5.95. The van der Waals surface area contributed by atoms with Crippen LogP contribution >= 0.6 is 0 Å². The highest BCUT2D eigenvalue weighted by atomic mass is 19.4. The molecule has 0 bridgehead atoms. The van der Waals surface area contributed by atoms with Gasteiger partial charge in [-0.1, -0.05) is 12.1 Å². The third kappa shape index (κ3) is 14.2. The van der Waals surface area contributed by atoms with Crippen molar-refractivity contribution in [3.8, 4) is 11.5 Å². The second kappa shape index (κ2) is 16.7. The van der Waals surface area contributed by atoms with E-state index in [-0.39, 0.29) is 17.8 Å². The van der Waals surface area contributed by atoms with Crippen molar-refractivity contribution in [1.82, 2.24) is 10.6 Å². The summed E-state index contributed by atoms with van der Waals surface area (Å²) in [5.41, 5.74) is 6.65. The van der Waals surface area contributed by atoms with Gasteiger partial charge in [-0.05, 0) is 62.3 Å². The fraction of sp³-hybridized carbons (Fsp3) is 0.360. The van der Waals surface area contributed by atoms with E-state index in [1.54, 1.807) is 36.4 Å². The van der Waals surface area contributed by atoms with E-state index in [2.05, 4.69) is 10.6 Å². The Morgan fingerprint density at radius 3 is 1.90 bits per heavy atom. The van der Waals surface area contributed by atoms with Crippen LogP contribution in [0, 0.1) is 5.41 Å². The summed E-state index contributed by atoms with van der Waals surface area (Å²) >= 11 is 0. The van der Waals surface area contributed by atoms with Crippen molar-refractivity contribution < 1.29 is 60.4 Å². The van der Waals surface area contributed by atoms with Gasteiger partial charge in [0.1, 0.15) is 30.0 Å². The van der Waals surface area contributed by atoms with Crippen molar-refractivity contribution in [2.24, 2.45) is 5.73 Å². The summed E-state index contributed by atoms with van der Waals surface area (Å²) in [5.74, 6) is -4.28. The minimum Gasteiger partial charge on any atom is -0.492 e. The highest BCUT2D eigenvalue weighted by Gasteiger charge is 2.38. The molecule has 17 heteroatoms. The summed E-state index contributed by atoms with van der Waals surface area (Å²) in [6, 6.07) is 14.2. The molecule has 0 aromatic heterocycles. The number of halogens is 6. The van der Waals surface area contributed by atoms with Gasteiger partial charge in [-0.2, -0.15) is 26.3 Å². The number of amidine groups is 1. The summed E-state index contributed by atoms with van der Waals surface area (Å²) < 4.78 is 75.0. The first-order valence-electron chi connectivity index (χ1n) is 11.9. The minimum absolute atomic E-state index is 0.00803. The van der Waals surface area contributed by atoms with Crippen LogP contribution in [0.25, 0.3) is 0 Å². The van der Waals surface area contributed by atoms with Crippen LogP contribution in [-0.2, 0) is 9.59 Å². The van der Waals surface area contributed by atoms with Gasteiger partial charge in [-0.3, -0.25) is 10.2 Å². The van der Waals surface area contributed by atoms with E-state index in [9.17, 15) is 31.1 Å². The topological polar surface area (TPSA) is 184 Å². The lowest BCUT2D eigenvalue weighted by Gasteiger charge is -2.23. The number of piperidine rings is 1. The van der Waals surface area contributed by atoms with Gasteiger partial charge in [0.2, 0.25) is 0 Å². The number of aliphatic carboxylic acids is 2. The summed E-state index contributed by atoms with van der Waals surface area (Å²) in [5, 5.41) is 27.8. The van der Waals surface area contributed by atoms with E-state index < -0.39 is 24.3 Å². The molecule has 11 nitrogen and oxygen atoms in total. The van der Waals surface area contributed by atoms with Crippen LogP contribution in [-0.4, -0.2) is 78.6 Å². The van der Waals surface area contributed by atoms with Crippen LogP contribution in [0.5, 0.6) is 11.5 Å². The molecular formula is C25H28F6N4O7. The number of hydrogen-bond donors (Lipinski definition) is 6. The number of amides is 1. The molecule has 2 aromatic rings. The molecule has 42 heavy (non-hydrogen) atoms. The summed E-state index contributed by atoms with van der Waals surface area (Å²) in [7, 11) is 0. The smallest absolute Gasteiger partial charge is 0.490 e.